The summed E-state index contributed by atoms with van der Waals surface area (Å²) in [6.07, 6.45) is 7.54. The molecule has 0 spiro atoms. The highest BCUT2D eigenvalue weighted by molar-refractivity contribution is 7.13. The Hall–Kier alpha value is -4.61. The van der Waals surface area contributed by atoms with Crippen molar-refractivity contribution in [2.24, 2.45) is 0 Å². The first-order valence-electron chi connectivity index (χ1n) is 11.8. The molecule has 0 N–H and O–H groups in total. The molecule has 3 aromatic heterocycles. The summed E-state index contributed by atoms with van der Waals surface area (Å²) in [5, 5.41) is 3.03. The molecule has 1 aliphatic rings. The molecule has 0 bridgehead atoms. The van der Waals surface area contributed by atoms with Gasteiger partial charge in [0.25, 0.3) is 0 Å². The van der Waals surface area contributed by atoms with Crippen molar-refractivity contribution in [1.29, 1.82) is 0 Å². The number of aromatic nitrogens is 3. The molecule has 0 aliphatic carbocycles. The number of para-hydroxylation sites is 1. The Bertz CT molecular complexity index is 1690. The topological polar surface area (TPSA) is 41.9 Å². The van der Waals surface area contributed by atoms with Crippen LogP contribution in [0.5, 0.6) is 0 Å². The zero-order chi connectivity index (χ0) is 23.9. The summed E-state index contributed by atoms with van der Waals surface area (Å²) >= 11 is 1.65. The second-order valence-corrected chi connectivity index (χ2v) is 9.50. The average Bonchev–Trinajstić information content (AvgIpc) is 3.46. The van der Waals surface area contributed by atoms with E-state index in [1.54, 1.807) is 11.3 Å². The van der Waals surface area contributed by atoms with Crippen LogP contribution in [0.2, 0.25) is 0 Å². The standard InChI is InChI=1S/C31H20N4S/c1-2-10-29-25(8-1)27-20-32-15-13-24(27)26-12-11-22(31-34-16-17-36-31)19-30(26)35(29)23-7-5-6-21(18-23)28-9-3-4-14-33-28/h1-20H. The van der Waals surface area contributed by atoms with Crippen molar-refractivity contribution in [1.82, 2.24) is 15.0 Å². The largest absolute Gasteiger partial charge is 0.309 e. The van der Waals surface area contributed by atoms with Crippen molar-refractivity contribution in [2.45, 2.75) is 0 Å². The van der Waals surface area contributed by atoms with Gasteiger partial charge in [-0.25, -0.2) is 4.98 Å². The molecule has 7 rings (SSSR count). The number of benzene rings is 3. The summed E-state index contributed by atoms with van der Waals surface area (Å²) in [5.74, 6) is 0. The summed E-state index contributed by atoms with van der Waals surface area (Å²) in [4.78, 5) is 16.0. The Kier molecular flexibility index (Phi) is 4.93. The summed E-state index contributed by atoms with van der Waals surface area (Å²) in [5.41, 5.74) is 11.0. The first-order chi connectivity index (χ1) is 17.9. The predicted molar refractivity (Wildman–Crippen MR) is 148 cm³/mol. The van der Waals surface area contributed by atoms with E-state index >= 15 is 0 Å². The molecule has 4 heterocycles. The third-order valence-corrected chi connectivity index (χ3v) is 7.35. The molecule has 0 atom stereocenters. The van der Waals surface area contributed by atoms with Crippen molar-refractivity contribution < 1.29 is 0 Å². The predicted octanol–water partition coefficient (Wildman–Crippen LogP) is 8.38. The molecule has 0 unspecified atom stereocenters. The van der Waals surface area contributed by atoms with Gasteiger partial charge in [0.2, 0.25) is 0 Å². The van der Waals surface area contributed by atoms with Gasteiger partial charge in [-0.3, -0.25) is 9.97 Å². The maximum atomic E-state index is 4.59. The van der Waals surface area contributed by atoms with Crippen LogP contribution in [0.15, 0.2) is 121 Å². The number of nitrogens with zero attached hydrogens (tertiary/aromatic N) is 4. The molecule has 5 heteroatoms. The minimum atomic E-state index is 0.951. The Balaban J connectivity index is 1.53. The second kappa shape index (κ2) is 8.56. The lowest BCUT2D eigenvalue weighted by molar-refractivity contribution is 1.28. The van der Waals surface area contributed by atoms with Crippen molar-refractivity contribution in [3.63, 3.8) is 0 Å². The van der Waals surface area contributed by atoms with Gasteiger partial charge in [0.1, 0.15) is 5.01 Å². The smallest absolute Gasteiger partial charge is 0.123 e. The molecule has 4 nitrogen and oxygen atoms in total. The van der Waals surface area contributed by atoms with Gasteiger partial charge in [0, 0.05) is 63.7 Å². The van der Waals surface area contributed by atoms with E-state index in [2.05, 4.69) is 92.6 Å². The van der Waals surface area contributed by atoms with E-state index in [-0.39, 0.29) is 0 Å². The monoisotopic (exact) mass is 480 g/mol. The van der Waals surface area contributed by atoms with E-state index in [9.17, 15) is 0 Å². The molecule has 3 aromatic carbocycles. The number of pyridine rings is 2. The van der Waals surface area contributed by atoms with Crippen LogP contribution in [0.1, 0.15) is 0 Å². The third kappa shape index (κ3) is 3.41. The summed E-state index contributed by atoms with van der Waals surface area (Å²) in [6.45, 7) is 0. The summed E-state index contributed by atoms with van der Waals surface area (Å²) in [7, 11) is 0. The van der Waals surface area contributed by atoms with Gasteiger partial charge in [0.05, 0.1) is 17.1 Å². The van der Waals surface area contributed by atoms with Crippen LogP contribution in [-0.4, -0.2) is 15.0 Å². The highest BCUT2D eigenvalue weighted by Gasteiger charge is 2.26. The van der Waals surface area contributed by atoms with Gasteiger partial charge in [-0.05, 0) is 48.0 Å². The lowest BCUT2D eigenvalue weighted by Crippen LogP contribution is -2.11. The number of hydrogen-bond acceptors (Lipinski definition) is 5. The Morgan fingerprint density at radius 3 is 2.39 bits per heavy atom. The summed E-state index contributed by atoms with van der Waals surface area (Å²) in [6, 6.07) is 31.9. The molecule has 0 fully saturated rings. The van der Waals surface area contributed by atoms with Crippen molar-refractivity contribution in [3.05, 3.63) is 121 Å². The molecule has 36 heavy (non-hydrogen) atoms. The maximum Gasteiger partial charge on any atom is 0.123 e. The molecule has 170 valence electrons. The molecule has 0 saturated heterocycles. The number of thiazole rings is 1. The number of fused-ring (bicyclic) bond motifs is 5. The fourth-order valence-electron chi connectivity index (χ4n) is 4.93. The van der Waals surface area contributed by atoms with Crippen molar-refractivity contribution >= 4 is 28.4 Å². The number of rotatable bonds is 3. The highest BCUT2D eigenvalue weighted by atomic mass is 32.1. The SMILES string of the molecule is c1ccc(-c2cccc(N3c4ccccc4-c4cnccc4-c4ccc(-c5nccs5)cc43)c2)nc1. The normalized spacial score (nSPS) is 11.8. The molecule has 0 amide bonds. The quantitative estimate of drug-likeness (QED) is 0.255. The van der Waals surface area contributed by atoms with E-state index in [1.807, 2.05) is 48.4 Å². The van der Waals surface area contributed by atoms with E-state index in [0.717, 1.165) is 55.6 Å². The highest BCUT2D eigenvalue weighted by Crippen LogP contribution is 2.51. The van der Waals surface area contributed by atoms with Gasteiger partial charge in [-0.2, -0.15) is 0 Å². The fraction of sp³-hybridized carbons (Fsp3) is 0. The Labute approximate surface area is 213 Å². The number of anilines is 3. The van der Waals surface area contributed by atoms with Crippen LogP contribution in [0.3, 0.4) is 0 Å². The lowest BCUT2D eigenvalue weighted by atomic mass is 9.96. The molecule has 0 saturated carbocycles. The minimum Gasteiger partial charge on any atom is -0.309 e. The van der Waals surface area contributed by atoms with Crippen LogP contribution >= 0.6 is 11.3 Å². The van der Waals surface area contributed by atoms with E-state index in [0.29, 0.717) is 0 Å². The molecule has 6 aromatic rings. The van der Waals surface area contributed by atoms with Gasteiger partial charge >= 0.3 is 0 Å². The lowest BCUT2D eigenvalue weighted by Gasteiger charge is -2.28. The fourth-order valence-corrected chi connectivity index (χ4v) is 5.56. The van der Waals surface area contributed by atoms with Crippen LogP contribution in [0, 0.1) is 0 Å². The van der Waals surface area contributed by atoms with E-state index in [4.69, 9.17) is 0 Å². The van der Waals surface area contributed by atoms with Gasteiger partial charge in [-0.15, -0.1) is 11.3 Å². The van der Waals surface area contributed by atoms with Crippen LogP contribution in [-0.2, 0) is 0 Å². The Morgan fingerprint density at radius 2 is 1.50 bits per heavy atom. The maximum absolute atomic E-state index is 4.59. The van der Waals surface area contributed by atoms with Crippen LogP contribution in [0.4, 0.5) is 17.1 Å². The second-order valence-electron chi connectivity index (χ2n) is 8.61. The van der Waals surface area contributed by atoms with Gasteiger partial charge in [0.15, 0.2) is 0 Å². The van der Waals surface area contributed by atoms with Crippen LogP contribution < -0.4 is 4.90 Å². The van der Waals surface area contributed by atoms with Gasteiger partial charge in [-0.1, -0.05) is 48.5 Å². The summed E-state index contributed by atoms with van der Waals surface area (Å²) < 4.78 is 0. The minimum absolute atomic E-state index is 0.951. The third-order valence-electron chi connectivity index (χ3n) is 6.53. The first kappa shape index (κ1) is 20.7. The molecular formula is C31H20N4S. The van der Waals surface area contributed by atoms with Crippen molar-refractivity contribution in [2.75, 3.05) is 4.90 Å². The molecular weight excluding hydrogens is 460 g/mol. The zero-order valence-electron chi connectivity index (χ0n) is 19.2. The Morgan fingerprint density at radius 1 is 0.583 bits per heavy atom. The molecule has 1 aliphatic heterocycles. The average molecular weight is 481 g/mol. The van der Waals surface area contributed by atoms with E-state index in [1.165, 1.54) is 5.56 Å². The van der Waals surface area contributed by atoms with E-state index < -0.39 is 0 Å². The van der Waals surface area contributed by atoms with Gasteiger partial charge < -0.3 is 4.90 Å². The molecule has 0 radical (unpaired) electrons. The van der Waals surface area contributed by atoms with Crippen molar-refractivity contribution in [3.8, 4) is 44.1 Å². The zero-order valence-corrected chi connectivity index (χ0v) is 20.1. The first-order valence-corrected chi connectivity index (χ1v) is 12.6. The number of hydrogen-bond donors (Lipinski definition) is 0. The van der Waals surface area contributed by atoms with Crippen LogP contribution in [0.25, 0.3) is 44.1 Å².